The summed E-state index contributed by atoms with van der Waals surface area (Å²) in [6.45, 7) is 3.34. The van der Waals surface area contributed by atoms with Gasteiger partial charge in [-0.15, -0.1) is 0 Å². The summed E-state index contributed by atoms with van der Waals surface area (Å²) >= 11 is 0. The molecule has 2 amide bonds. The van der Waals surface area contributed by atoms with Crippen LogP contribution >= 0.6 is 0 Å². The SMILES string of the molecule is O=C(c1ccc(N2CCCCC2=O)cc1)N1CCN(c2ccccc2O)CC1. The molecule has 2 aliphatic rings. The molecule has 2 fully saturated rings. The number of rotatable bonds is 3. The average molecular weight is 379 g/mol. The molecule has 146 valence electrons. The van der Waals surface area contributed by atoms with Crippen LogP contribution in [0.4, 0.5) is 11.4 Å². The number of piperidine rings is 1. The van der Waals surface area contributed by atoms with E-state index in [1.807, 2.05) is 46.2 Å². The number of nitrogens with zero attached hydrogens (tertiary/aromatic N) is 3. The summed E-state index contributed by atoms with van der Waals surface area (Å²) in [4.78, 5) is 30.7. The minimum absolute atomic E-state index is 0.00783. The number of amides is 2. The summed E-state index contributed by atoms with van der Waals surface area (Å²) in [6, 6.07) is 14.7. The highest BCUT2D eigenvalue weighted by molar-refractivity contribution is 5.97. The van der Waals surface area contributed by atoms with Crippen molar-refractivity contribution in [3.63, 3.8) is 0 Å². The van der Waals surface area contributed by atoms with E-state index in [4.69, 9.17) is 0 Å². The van der Waals surface area contributed by atoms with E-state index in [-0.39, 0.29) is 17.6 Å². The van der Waals surface area contributed by atoms with E-state index in [9.17, 15) is 14.7 Å². The number of carbonyl (C=O) groups excluding carboxylic acids is 2. The topological polar surface area (TPSA) is 64.1 Å². The third-order valence-electron chi connectivity index (χ3n) is 5.54. The van der Waals surface area contributed by atoms with Gasteiger partial charge in [0.2, 0.25) is 5.91 Å². The third-order valence-corrected chi connectivity index (χ3v) is 5.54. The lowest BCUT2D eigenvalue weighted by Gasteiger charge is -2.36. The van der Waals surface area contributed by atoms with E-state index in [1.54, 1.807) is 12.1 Å². The van der Waals surface area contributed by atoms with Gasteiger partial charge in [-0.05, 0) is 49.2 Å². The Morgan fingerprint density at radius 2 is 1.57 bits per heavy atom. The normalized spacial score (nSPS) is 17.7. The Kier molecular flexibility index (Phi) is 5.19. The lowest BCUT2D eigenvalue weighted by molar-refractivity contribution is -0.119. The number of carbonyl (C=O) groups is 2. The molecule has 2 saturated heterocycles. The molecule has 6 heteroatoms. The van der Waals surface area contributed by atoms with Gasteiger partial charge >= 0.3 is 0 Å². The zero-order valence-electron chi connectivity index (χ0n) is 15.9. The van der Waals surface area contributed by atoms with Gasteiger partial charge < -0.3 is 19.8 Å². The van der Waals surface area contributed by atoms with Crippen molar-refractivity contribution in [2.24, 2.45) is 0 Å². The Balaban J connectivity index is 1.39. The highest BCUT2D eigenvalue weighted by atomic mass is 16.3. The summed E-state index contributed by atoms with van der Waals surface area (Å²) in [5.74, 6) is 0.434. The van der Waals surface area contributed by atoms with Crippen molar-refractivity contribution >= 4 is 23.2 Å². The number of phenolic OH excluding ortho intramolecular Hbond substituents is 1. The molecular weight excluding hydrogens is 354 g/mol. The Hall–Kier alpha value is -3.02. The first-order valence-corrected chi connectivity index (χ1v) is 9.86. The Morgan fingerprint density at radius 1 is 0.857 bits per heavy atom. The predicted molar refractivity (Wildman–Crippen MR) is 109 cm³/mol. The van der Waals surface area contributed by atoms with E-state index in [0.717, 1.165) is 30.8 Å². The Labute approximate surface area is 165 Å². The van der Waals surface area contributed by atoms with Gasteiger partial charge in [0, 0.05) is 50.4 Å². The van der Waals surface area contributed by atoms with E-state index < -0.39 is 0 Å². The van der Waals surface area contributed by atoms with Gasteiger partial charge in [0.05, 0.1) is 5.69 Å². The van der Waals surface area contributed by atoms with E-state index in [1.165, 1.54) is 0 Å². The fraction of sp³-hybridized carbons (Fsp3) is 0.364. The number of aromatic hydroxyl groups is 1. The predicted octanol–water partition coefficient (Wildman–Crippen LogP) is 2.87. The first-order chi connectivity index (χ1) is 13.6. The van der Waals surface area contributed by atoms with Crippen molar-refractivity contribution < 1.29 is 14.7 Å². The third kappa shape index (κ3) is 3.67. The lowest BCUT2D eigenvalue weighted by atomic mass is 10.1. The highest BCUT2D eigenvalue weighted by Gasteiger charge is 2.24. The zero-order chi connectivity index (χ0) is 19.5. The van der Waals surface area contributed by atoms with E-state index >= 15 is 0 Å². The van der Waals surface area contributed by atoms with E-state index in [0.29, 0.717) is 38.2 Å². The number of piperazine rings is 1. The molecule has 0 aromatic heterocycles. The van der Waals surface area contributed by atoms with Gasteiger partial charge in [0.15, 0.2) is 0 Å². The van der Waals surface area contributed by atoms with Crippen LogP contribution in [0.15, 0.2) is 48.5 Å². The smallest absolute Gasteiger partial charge is 0.253 e. The monoisotopic (exact) mass is 379 g/mol. The maximum atomic E-state index is 12.8. The van der Waals surface area contributed by atoms with Crippen molar-refractivity contribution in [2.75, 3.05) is 42.5 Å². The van der Waals surface area contributed by atoms with Crippen LogP contribution in [0.5, 0.6) is 5.75 Å². The number of para-hydroxylation sites is 2. The van der Waals surface area contributed by atoms with Gasteiger partial charge in [0.25, 0.3) is 5.91 Å². The average Bonchev–Trinajstić information content (AvgIpc) is 2.74. The number of hydrogen-bond acceptors (Lipinski definition) is 4. The molecule has 4 rings (SSSR count). The minimum atomic E-state index is 0.00783. The fourth-order valence-corrected chi connectivity index (χ4v) is 3.93. The standard InChI is InChI=1S/C22H25N3O3/c26-20-6-2-1-5-19(20)23-13-15-24(16-14-23)22(28)17-8-10-18(11-9-17)25-12-4-3-7-21(25)27/h1-2,5-6,8-11,26H,3-4,7,12-16H2. The van der Waals surface area contributed by atoms with Crippen molar-refractivity contribution in [2.45, 2.75) is 19.3 Å². The molecule has 2 aromatic rings. The molecule has 0 bridgehead atoms. The molecule has 6 nitrogen and oxygen atoms in total. The van der Waals surface area contributed by atoms with Crippen LogP contribution in [0.1, 0.15) is 29.6 Å². The first-order valence-electron chi connectivity index (χ1n) is 9.86. The molecular formula is C22H25N3O3. The number of hydrogen-bond donors (Lipinski definition) is 1. The van der Waals surface area contributed by atoms with Gasteiger partial charge in [-0.1, -0.05) is 12.1 Å². The van der Waals surface area contributed by atoms with Crippen LogP contribution < -0.4 is 9.80 Å². The zero-order valence-corrected chi connectivity index (χ0v) is 15.9. The van der Waals surface area contributed by atoms with Crippen LogP contribution in [-0.2, 0) is 4.79 Å². The second-order valence-electron chi connectivity index (χ2n) is 7.32. The van der Waals surface area contributed by atoms with E-state index in [2.05, 4.69) is 4.90 Å². The van der Waals surface area contributed by atoms with Crippen molar-refractivity contribution in [3.8, 4) is 5.75 Å². The molecule has 0 unspecified atom stereocenters. The Morgan fingerprint density at radius 3 is 2.25 bits per heavy atom. The van der Waals surface area contributed by atoms with Crippen molar-refractivity contribution in [1.29, 1.82) is 0 Å². The van der Waals surface area contributed by atoms with Gasteiger partial charge in [-0.2, -0.15) is 0 Å². The molecule has 0 saturated carbocycles. The Bertz CT molecular complexity index is 858. The van der Waals surface area contributed by atoms with Gasteiger partial charge in [-0.25, -0.2) is 0 Å². The quantitative estimate of drug-likeness (QED) is 0.891. The van der Waals surface area contributed by atoms with Crippen LogP contribution in [0.3, 0.4) is 0 Å². The summed E-state index contributed by atoms with van der Waals surface area (Å²) in [6.07, 6.45) is 2.58. The molecule has 28 heavy (non-hydrogen) atoms. The van der Waals surface area contributed by atoms with Crippen molar-refractivity contribution in [1.82, 2.24) is 4.90 Å². The molecule has 0 spiro atoms. The summed E-state index contributed by atoms with van der Waals surface area (Å²) in [5.41, 5.74) is 2.32. The molecule has 2 aromatic carbocycles. The van der Waals surface area contributed by atoms with Gasteiger partial charge in [-0.3, -0.25) is 9.59 Å². The second kappa shape index (κ2) is 7.92. The van der Waals surface area contributed by atoms with Crippen LogP contribution in [-0.4, -0.2) is 54.5 Å². The number of benzene rings is 2. The highest BCUT2D eigenvalue weighted by Crippen LogP contribution is 2.27. The molecule has 0 radical (unpaired) electrons. The number of anilines is 2. The second-order valence-corrected chi connectivity index (χ2v) is 7.32. The number of phenols is 1. The van der Waals surface area contributed by atoms with Gasteiger partial charge in [0.1, 0.15) is 5.75 Å². The molecule has 2 heterocycles. The molecule has 0 atom stereocenters. The van der Waals surface area contributed by atoms with Crippen molar-refractivity contribution in [3.05, 3.63) is 54.1 Å². The fourth-order valence-electron chi connectivity index (χ4n) is 3.93. The van der Waals surface area contributed by atoms with Crippen LogP contribution in [0.25, 0.3) is 0 Å². The minimum Gasteiger partial charge on any atom is -0.506 e. The summed E-state index contributed by atoms with van der Waals surface area (Å²) in [7, 11) is 0. The molecule has 2 aliphatic heterocycles. The first kappa shape index (κ1) is 18.3. The van der Waals surface area contributed by atoms with Crippen LogP contribution in [0, 0.1) is 0 Å². The molecule has 0 aliphatic carbocycles. The maximum Gasteiger partial charge on any atom is 0.253 e. The lowest BCUT2D eigenvalue weighted by Crippen LogP contribution is -2.48. The molecule has 1 N–H and O–H groups in total. The summed E-state index contributed by atoms with van der Waals surface area (Å²) in [5, 5.41) is 10.0. The maximum absolute atomic E-state index is 12.8. The largest absolute Gasteiger partial charge is 0.506 e. The summed E-state index contributed by atoms with van der Waals surface area (Å²) < 4.78 is 0. The van der Waals surface area contributed by atoms with Crippen LogP contribution in [0.2, 0.25) is 0 Å².